The summed E-state index contributed by atoms with van der Waals surface area (Å²) in [5.74, 6) is 1.78. The molecule has 2 N–H and O–H groups in total. The number of Topliss-reactive ketones (excluding diaryl/α,β-unsaturated/α-hetero) is 5. The summed E-state index contributed by atoms with van der Waals surface area (Å²) in [7, 11) is -4.67. The molecule has 0 aromatic heterocycles. The summed E-state index contributed by atoms with van der Waals surface area (Å²) in [6.45, 7) is 20.1. The quantitative estimate of drug-likeness (QED) is 0.163. The molecule has 0 radical (unpaired) electrons. The van der Waals surface area contributed by atoms with Crippen molar-refractivity contribution in [2.75, 3.05) is 0 Å². The summed E-state index contributed by atoms with van der Waals surface area (Å²) >= 11 is 20.8. The highest BCUT2D eigenvalue weighted by Crippen LogP contribution is 2.40. The van der Waals surface area contributed by atoms with Crippen LogP contribution in [0.25, 0.3) is 6.08 Å². The molecule has 0 saturated carbocycles. The predicted molar refractivity (Wildman–Crippen MR) is 321 cm³/mol. The van der Waals surface area contributed by atoms with Crippen LogP contribution in [0.15, 0.2) is 94.1 Å². The number of hydrogen-bond acceptors (Lipinski definition) is 7. The van der Waals surface area contributed by atoms with Crippen molar-refractivity contribution >= 4 is 141 Å². The van der Waals surface area contributed by atoms with Crippen LogP contribution in [-0.4, -0.2) is 46.4 Å². The third-order valence-corrected chi connectivity index (χ3v) is 18.6. The molecule has 0 saturated heterocycles. The van der Waals surface area contributed by atoms with Crippen LogP contribution in [0.1, 0.15) is 170 Å². The Morgan fingerprint density at radius 1 is 0.566 bits per heavy atom. The van der Waals surface area contributed by atoms with Crippen LogP contribution >= 0.6 is 95.6 Å². The van der Waals surface area contributed by atoms with Crippen molar-refractivity contribution in [3.63, 3.8) is 0 Å². The van der Waals surface area contributed by atoms with E-state index in [-0.39, 0.29) is 52.8 Å². The Hall–Kier alpha value is -3.13. The number of carbonyl (C=O) groups is 5. The van der Waals surface area contributed by atoms with Crippen molar-refractivity contribution in [2.24, 2.45) is 29.6 Å². The molecule has 5 aliphatic rings. The van der Waals surface area contributed by atoms with Gasteiger partial charge in [0.1, 0.15) is 5.82 Å². The van der Waals surface area contributed by atoms with E-state index >= 15 is 0 Å². The number of fused-ring (bicyclic) bond motifs is 5. The number of ketones is 5. The normalized spacial score (nSPS) is 19.3. The van der Waals surface area contributed by atoms with Gasteiger partial charge in [0.15, 0.2) is 28.9 Å². The average molecular weight is 1440 g/mol. The third-order valence-electron chi connectivity index (χ3n) is 14.0. The average Bonchev–Trinajstić information content (AvgIpc) is 4.11. The fourth-order valence-electron chi connectivity index (χ4n) is 9.93. The van der Waals surface area contributed by atoms with E-state index in [0.717, 1.165) is 101 Å². The van der Waals surface area contributed by atoms with Gasteiger partial charge in [0.2, 0.25) is 0 Å². The molecule has 0 bridgehead atoms. The topological polar surface area (TPSA) is 160 Å². The van der Waals surface area contributed by atoms with Gasteiger partial charge in [-0.1, -0.05) is 194 Å². The number of unbranched alkanes of at least 4 members (excludes halogenated alkanes) is 1. The molecule has 5 unspecified atom stereocenters. The van der Waals surface area contributed by atoms with E-state index in [1.54, 1.807) is 6.08 Å². The fraction of sp³-hybridized carbons (Fsp3) is 0.373. The van der Waals surface area contributed by atoms with Crippen molar-refractivity contribution in [2.45, 2.75) is 113 Å². The molecule has 5 aromatic rings. The maximum Gasteiger partial charge on any atom is 0.394 e. The zero-order valence-corrected chi connectivity index (χ0v) is 53.8. The van der Waals surface area contributed by atoms with Gasteiger partial charge in [-0.15, -0.1) is 0 Å². The van der Waals surface area contributed by atoms with Crippen molar-refractivity contribution in [3.05, 3.63) is 172 Å². The summed E-state index contributed by atoms with van der Waals surface area (Å²) in [5.41, 5.74) is 13.3. The zero-order valence-electron chi connectivity index (χ0n) is 43.5. The maximum atomic E-state index is 12.9. The molecular formula is C59H61Br6FO9S. The van der Waals surface area contributed by atoms with Crippen molar-refractivity contribution < 1.29 is 45.9 Å². The van der Waals surface area contributed by atoms with Gasteiger partial charge in [0.05, 0.1) is 0 Å². The lowest BCUT2D eigenvalue weighted by Crippen LogP contribution is -2.06. The SMILES string of the molecule is C=Cc1ccc(Br)c2c1C(=O)C(C)C2.CC1Cc2c(Br)cc(F)cc2C1=O.CC1Cc2c(Br)ccc(Br)c2C1=O.CC1Cc2c(Br)ccc(C(C)C)c2C1=O.CCCCc1ccc2c(c1Br)CC(C)C2=O.O=S(=O)(O)O. The molecule has 0 heterocycles. The molecule has 5 aromatic carbocycles. The fourth-order valence-corrected chi connectivity index (χ4v) is 13.3. The minimum absolute atomic E-state index is 0.00639. The molecule has 0 amide bonds. The molecule has 0 spiro atoms. The number of halogens is 7. The number of rotatable bonds is 5. The third kappa shape index (κ3) is 15.2. The number of benzene rings is 5. The van der Waals surface area contributed by atoms with Gasteiger partial charge in [-0.2, -0.15) is 8.42 Å². The summed E-state index contributed by atoms with van der Waals surface area (Å²) in [5, 5.41) is 0. The Labute approximate surface area is 496 Å². The van der Waals surface area contributed by atoms with E-state index in [0.29, 0.717) is 27.5 Å². The molecule has 10 rings (SSSR count). The standard InChI is InChI=1S/C14H17BrO.C13H15BrO.C12H11BrO.C10H8Br2O.C10H8BrFO.H2O4S/c1-3-4-5-10-6-7-11-12(13(10)15)8-9(2)14(11)16;1-7(2)9-4-5-11(14)10-6-8(3)13(15)12(9)10;1-3-8-4-5-10(13)9-6-7(2)12(14)11(8)9;1-5-4-6-7(11)2-3-8(12)9(6)10(5)13;1-5-2-7-8(10(5)13)3-6(12)4-9(7)11;1-5(2,3)4/h6-7,9H,3-5,8H2,1-2H3;4-5,7-8H,6H2,1-3H3;3-5,7H,1,6H2,2H3;2-3,5H,4H2,1H3;3-5H,2H2,1H3;(H2,1,2,3,4). The van der Waals surface area contributed by atoms with E-state index in [1.165, 1.54) is 51.7 Å². The van der Waals surface area contributed by atoms with Gasteiger partial charge in [0, 0.05) is 84.2 Å². The smallest absolute Gasteiger partial charge is 0.294 e. The zero-order chi connectivity index (χ0) is 56.8. The van der Waals surface area contributed by atoms with Gasteiger partial charge in [-0.05, 0) is 132 Å². The first-order valence-corrected chi connectivity index (χ1v) is 31.1. The number of carbonyl (C=O) groups excluding carboxylic acids is 5. The Morgan fingerprint density at radius 3 is 1.50 bits per heavy atom. The summed E-state index contributed by atoms with van der Waals surface area (Å²) < 4.78 is 50.5. The highest BCUT2D eigenvalue weighted by atomic mass is 79.9. The van der Waals surface area contributed by atoms with E-state index in [2.05, 4.69) is 141 Å². The molecule has 406 valence electrons. The highest BCUT2D eigenvalue weighted by Gasteiger charge is 2.34. The molecule has 0 fully saturated rings. The summed E-state index contributed by atoms with van der Waals surface area (Å²) in [4.78, 5) is 59.0. The second-order valence-corrected chi connectivity index (χ2v) is 26.1. The molecule has 76 heavy (non-hydrogen) atoms. The molecule has 17 heteroatoms. The summed E-state index contributed by atoms with van der Waals surface area (Å²) in [6.07, 6.45) is 9.47. The van der Waals surface area contributed by atoms with Crippen LogP contribution in [0.5, 0.6) is 0 Å². The van der Waals surface area contributed by atoms with E-state index in [9.17, 15) is 28.4 Å². The number of aryl methyl sites for hydroxylation is 1. The van der Waals surface area contributed by atoms with Crippen LogP contribution in [0.4, 0.5) is 4.39 Å². The lowest BCUT2D eigenvalue weighted by molar-refractivity contribution is 0.0938. The minimum atomic E-state index is -4.67. The first kappa shape index (κ1) is 63.7. The molecule has 0 aliphatic heterocycles. The Morgan fingerprint density at radius 2 is 0.987 bits per heavy atom. The molecule has 5 atom stereocenters. The Bertz CT molecular complexity index is 3220. The van der Waals surface area contributed by atoms with Gasteiger partial charge >= 0.3 is 10.4 Å². The Balaban J connectivity index is 0.000000172. The van der Waals surface area contributed by atoms with Crippen LogP contribution in [0.2, 0.25) is 0 Å². The lowest BCUT2D eigenvalue weighted by atomic mass is 9.94. The van der Waals surface area contributed by atoms with Crippen LogP contribution < -0.4 is 0 Å². The monoisotopic (exact) mass is 1440 g/mol. The second-order valence-electron chi connectivity index (χ2n) is 20.1. The van der Waals surface area contributed by atoms with E-state index < -0.39 is 10.4 Å². The second kappa shape index (κ2) is 27.4. The van der Waals surface area contributed by atoms with Gasteiger partial charge in [0.25, 0.3) is 0 Å². The largest absolute Gasteiger partial charge is 0.394 e. The van der Waals surface area contributed by atoms with Gasteiger partial charge in [-0.3, -0.25) is 33.1 Å². The molecule has 5 aliphatic carbocycles. The lowest BCUT2D eigenvalue weighted by Gasteiger charge is -2.11. The van der Waals surface area contributed by atoms with E-state index in [4.69, 9.17) is 17.5 Å². The van der Waals surface area contributed by atoms with Crippen molar-refractivity contribution in [1.82, 2.24) is 0 Å². The minimum Gasteiger partial charge on any atom is -0.294 e. The highest BCUT2D eigenvalue weighted by molar-refractivity contribution is 9.11. The summed E-state index contributed by atoms with van der Waals surface area (Å²) in [6, 6.07) is 18.8. The van der Waals surface area contributed by atoms with E-state index in [1.807, 2.05) is 65.0 Å². The first-order chi connectivity index (χ1) is 35.5. The van der Waals surface area contributed by atoms with Gasteiger partial charge in [-0.25, -0.2) is 4.39 Å². The van der Waals surface area contributed by atoms with Crippen molar-refractivity contribution in [3.8, 4) is 0 Å². The predicted octanol–water partition coefficient (Wildman–Crippen LogP) is 17.5. The van der Waals surface area contributed by atoms with Crippen LogP contribution in [-0.2, 0) is 48.9 Å². The molecular weight excluding hydrogens is 1380 g/mol. The van der Waals surface area contributed by atoms with Crippen LogP contribution in [0, 0.1) is 35.4 Å². The van der Waals surface area contributed by atoms with Crippen LogP contribution in [0.3, 0.4) is 0 Å². The Kier molecular flexibility index (Phi) is 22.9. The van der Waals surface area contributed by atoms with Crippen molar-refractivity contribution in [1.29, 1.82) is 0 Å². The maximum absolute atomic E-state index is 12.9. The van der Waals surface area contributed by atoms with Gasteiger partial charge < -0.3 is 0 Å². The molecule has 9 nitrogen and oxygen atoms in total. The number of hydrogen-bond donors (Lipinski definition) is 2. The first-order valence-electron chi connectivity index (χ1n) is 24.9.